The number of para-hydroxylation sites is 1. The van der Waals surface area contributed by atoms with Crippen molar-refractivity contribution in [1.82, 2.24) is 9.88 Å². The van der Waals surface area contributed by atoms with Crippen LogP contribution in [0.4, 0.5) is 0 Å². The van der Waals surface area contributed by atoms with Crippen molar-refractivity contribution in [1.29, 1.82) is 0 Å². The molecule has 1 fully saturated rings. The topological polar surface area (TPSA) is 79.2 Å². The van der Waals surface area contributed by atoms with E-state index in [9.17, 15) is 9.59 Å². The van der Waals surface area contributed by atoms with E-state index < -0.39 is 5.41 Å². The molecule has 2 amide bonds. The molecule has 1 aromatic carbocycles. The summed E-state index contributed by atoms with van der Waals surface area (Å²) in [6.45, 7) is 3.16. The number of carbonyl (C=O) groups is 2. The number of aryl methyl sites for hydroxylation is 1. The van der Waals surface area contributed by atoms with Gasteiger partial charge in [-0.3, -0.25) is 9.59 Å². The lowest BCUT2D eigenvalue weighted by Crippen LogP contribution is -2.51. The van der Waals surface area contributed by atoms with Gasteiger partial charge < -0.3 is 15.6 Å². The van der Waals surface area contributed by atoms with Gasteiger partial charge in [-0.25, -0.2) is 0 Å². The molecule has 5 nitrogen and oxygen atoms in total. The van der Waals surface area contributed by atoms with Gasteiger partial charge in [-0.2, -0.15) is 0 Å². The molecular formula is C19H25N3O2. The first kappa shape index (κ1) is 16.6. The van der Waals surface area contributed by atoms with Crippen LogP contribution in [0.25, 0.3) is 10.9 Å². The molecule has 1 aliphatic rings. The lowest BCUT2D eigenvalue weighted by molar-refractivity contribution is -0.140. The fourth-order valence-electron chi connectivity index (χ4n) is 3.75. The molecule has 0 spiro atoms. The summed E-state index contributed by atoms with van der Waals surface area (Å²) in [5.41, 5.74) is 7.31. The van der Waals surface area contributed by atoms with Crippen molar-refractivity contribution in [3.05, 3.63) is 36.0 Å². The molecule has 128 valence electrons. The Kier molecular flexibility index (Phi) is 4.60. The van der Waals surface area contributed by atoms with Gasteiger partial charge >= 0.3 is 0 Å². The van der Waals surface area contributed by atoms with Crippen molar-refractivity contribution in [3.63, 3.8) is 0 Å². The van der Waals surface area contributed by atoms with Crippen LogP contribution < -0.4 is 5.73 Å². The van der Waals surface area contributed by atoms with Crippen molar-refractivity contribution < 1.29 is 9.59 Å². The number of nitrogens with two attached hydrogens (primary N) is 1. The number of H-pyrrole nitrogens is 1. The SMILES string of the molecule is CCC1(C(N)=O)CCCN(C(=O)CCc2c[nH]c3ccccc23)C1. The molecule has 0 aliphatic carbocycles. The van der Waals surface area contributed by atoms with Gasteiger partial charge in [0.2, 0.25) is 11.8 Å². The van der Waals surface area contributed by atoms with Crippen molar-refractivity contribution in [2.45, 2.75) is 39.0 Å². The Labute approximate surface area is 142 Å². The number of hydrogen-bond acceptors (Lipinski definition) is 2. The van der Waals surface area contributed by atoms with E-state index in [1.165, 1.54) is 5.39 Å². The number of piperidine rings is 1. The highest BCUT2D eigenvalue weighted by Gasteiger charge is 2.40. The molecule has 1 aromatic heterocycles. The predicted octanol–water partition coefficient (Wildman–Crippen LogP) is 2.60. The minimum atomic E-state index is -0.547. The van der Waals surface area contributed by atoms with E-state index in [1.54, 1.807) is 0 Å². The minimum absolute atomic E-state index is 0.110. The van der Waals surface area contributed by atoms with Crippen LogP contribution in [0.1, 0.15) is 38.2 Å². The second-order valence-corrected chi connectivity index (χ2v) is 6.78. The maximum atomic E-state index is 12.6. The molecule has 1 aliphatic heterocycles. The van der Waals surface area contributed by atoms with Crippen LogP contribution in [-0.4, -0.2) is 34.8 Å². The molecule has 1 saturated heterocycles. The third-order valence-electron chi connectivity index (χ3n) is 5.41. The zero-order valence-corrected chi connectivity index (χ0v) is 14.2. The number of carbonyl (C=O) groups excluding carboxylic acids is 2. The van der Waals surface area contributed by atoms with E-state index >= 15 is 0 Å². The summed E-state index contributed by atoms with van der Waals surface area (Å²) in [4.78, 5) is 29.5. The van der Waals surface area contributed by atoms with Crippen molar-refractivity contribution in [3.8, 4) is 0 Å². The van der Waals surface area contributed by atoms with E-state index in [4.69, 9.17) is 5.73 Å². The molecule has 3 rings (SSSR count). The summed E-state index contributed by atoms with van der Waals surface area (Å²) in [6.07, 6.45) is 5.46. The highest BCUT2D eigenvalue weighted by molar-refractivity contribution is 5.85. The number of nitrogens with zero attached hydrogens (tertiary/aromatic N) is 1. The van der Waals surface area contributed by atoms with Crippen LogP contribution in [0.3, 0.4) is 0 Å². The molecule has 5 heteroatoms. The van der Waals surface area contributed by atoms with Gasteiger partial charge in [0.05, 0.1) is 5.41 Å². The van der Waals surface area contributed by atoms with Crippen LogP contribution in [0.5, 0.6) is 0 Å². The Balaban J connectivity index is 1.65. The number of primary amides is 1. The zero-order chi connectivity index (χ0) is 17.2. The third kappa shape index (κ3) is 3.03. The van der Waals surface area contributed by atoms with Crippen LogP contribution in [0.15, 0.2) is 30.5 Å². The number of fused-ring (bicyclic) bond motifs is 1. The first-order valence-corrected chi connectivity index (χ1v) is 8.68. The first-order chi connectivity index (χ1) is 11.6. The van der Waals surface area contributed by atoms with Crippen molar-refractivity contribution >= 4 is 22.7 Å². The Morgan fingerprint density at radius 3 is 2.88 bits per heavy atom. The molecule has 0 bridgehead atoms. The lowest BCUT2D eigenvalue weighted by atomic mass is 9.77. The van der Waals surface area contributed by atoms with Crippen LogP contribution in [0, 0.1) is 5.41 Å². The summed E-state index contributed by atoms with van der Waals surface area (Å²) in [7, 11) is 0. The number of aromatic nitrogens is 1. The lowest BCUT2D eigenvalue weighted by Gasteiger charge is -2.40. The molecule has 2 aromatic rings. The van der Waals surface area contributed by atoms with E-state index in [0.29, 0.717) is 25.8 Å². The smallest absolute Gasteiger partial charge is 0.225 e. The second kappa shape index (κ2) is 6.67. The number of rotatable bonds is 5. The molecule has 3 N–H and O–H groups in total. The molecule has 1 unspecified atom stereocenters. The Hall–Kier alpha value is -2.30. The fraction of sp³-hybridized carbons (Fsp3) is 0.474. The van der Waals surface area contributed by atoms with Gasteiger partial charge in [0.1, 0.15) is 0 Å². The van der Waals surface area contributed by atoms with E-state index in [0.717, 1.165) is 30.5 Å². The number of benzene rings is 1. The summed E-state index contributed by atoms with van der Waals surface area (Å²) in [5, 5.41) is 1.17. The zero-order valence-electron chi connectivity index (χ0n) is 14.2. The van der Waals surface area contributed by atoms with Crippen LogP contribution in [-0.2, 0) is 16.0 Å². The average Bonchev–Trinajstić information content (AvgIpc) is 3.02. The molecular weight excluding hydrogens is 302 g/mol. The molecule has 0 radical (unpaired) electrons. The summed E-state index contributed by atoms with van der Waals surface area (Å²) < 4.78 is 0. The Morgan fingerprint density at radius 1 is 1.33 bits per heavy atom. The fourth-order valence-corrected chi connectivity index (χ4v) is 3.75. The van der Waals surface area contributed by atoms with Gasteiger partial charge in [0, 0.05) is 36.6 Å². The summed E-state index contributed by atoms with van der Waals surface area (Å²) >= 11 is 0. The monoisotopic (exact) mass is 327 g/mol. The maximum absolute atomic E-state index is 12.6. The maximum Gasteiger partial charge on any atom is 0.225 e. The normalized spacial score (nSPS) is 21.1. The molecule has 0 saturated carbocycles. The van der Waals surface area contributed by atoms with Crippen LogP contribution >= 0.6 is 0 Å². The Bertz CT molecular complexity index is 752. The third-order valence-corrected chi connectivity index (χ3v) is 5.41. The minimum Gasteiger partial charge on any atom is -0.369 e. The average molecular weight is 327 g/mol. The largest absolute Gasteiger partial charge is 0.369 e. The molecule has 24 heavy (non-hydrogen) atoms. The number of likely N-dealkylation sites (tertiary alicyclic amines) is 1. The predicted molar refractivity (Wildman–Crippen MR) is 94.4 cm³/mol. The van der Waals surface area contributed by atoms with Gasteiger partial charge in [-0.1, -0.05) is 25.1 Å². The number of amides is 2. The quantitative estimate of drug-likeness (QED) is 0.885. The van der Waals surface area contributed by atoms with Crippen molar-refractivity contribution in [2.24, 2.45) is 11.1 Å². The van der Waals surface area contributed by atoms with E-state index in [2.05, 4.69) is 11.1 Å². The summed E-state index contributed by atoms with van der Waals surface area (Å²) in [5.74, 6) is -0.168. The van der Waals surface area contributed by atoms with Crippen molar-refractivity contribution in [2.75, 3.05) is 13.1 Å². The number of aromatic amines is 1. The molecule has 2 heterocycles. The van der Waals surface area contributed by atoms with Gasteiger partial charge in [-0.05, 0) is 37.3 Å². The van der Waals surface area contributed by atoms with Gasteiger partial charge in [0.15, 0.2) is 0 Å². The highest BCUT2D eigenvalue weighted by Crippen LogP contribution is 2.33. The standard InChI is InChI=1S/C19H25N3O2/c1-2-19(18(20)24)10-5-11-22(13-19)17(23)9-8-14-12-21-16-7-4-3-6-15(14)16/h3-4,6-7,12,21H,2,5,8-11,13H2,1H3,(H2,20,24). The molecule has 1 atom stereocenters. The van der Waals surface area contributed by atoms with E-state index in [-0.39, 0.29) is 11.8 Å². The van der Waals surface area contributed by atoms with Gasteiger partial charge in [0.25, 0.3) is 0 Å². The number of nitrogens with one attached hydrogen (secondary N) is 1. The van der Waals surface area contributed by atoms with Crippen LogP contribution in [0.2, 0.25) is 0 Å². The number of hydrogen-bond donors (Lipinski definition) is 2. The second-order valence-electron chi connectivity index (χ2n) is 6.78. The first-order valence-electron chi connectivity index (χ1n) is 8.68. The highest BCUT2D eigenvalue weighted by atomic mass is 16.2. The summed E-state index contributed by atoms with van der Waals surface area (Å²) in [6, 6.07) is 8.11. The van der Waals surface area contributed by atoms with Gasteiger partial charge in [-0.15, -0.1) is 0 Å². The Morgan fingerprint density at radius 2 is 2.12 bits per heavy atom. The van der Waals surface area contributed by atoms with E-state index in [1.807, 2.05) is 36.2 Å².